The van der Waals surface area contributed by atoms with Gasteiger partial charge in [-0.25, -0.2) is 13.8 Å². The van der Waals surface area contributed by atoms with Crippen LogP contribution < -0.4 is 4.74 Å². The molecule has 0 radical (unpaired) electrons. The molecule has 0 bridgehead atoms. The molecule has 1 atom stereocenters. The van der Waals surface area contributed by atoms with Crippen LogP contribution in [0.5, 0.6) is 5.75 Å². The second-order valence-electron chi connectivity index (χ2n) is 8.37. The number of aromatic nitrogens is 2. The van der Waals surface area contributed by atoms with Crippen LogP contribution in [0.2, 0.25) is 5.02 Å². The molecular weight excluding hydrogens is 554 g/mol. The summed E-state index contributed by atoms with van der Waals surface area (Å²) in [6, 6.07) is 17.2. The monoisotopic (exact) mass is 574 g/mol. The summed E-state index contributed by atoms with van der Waals surface area (Å²) in [5.74, 6) is 0.540. The minimum absolute atomic E-state index is 0.0667. The van der Waals surface area contributed by atoms with E-state index in [1.165, 1.54) is 30.0 Å². The Morgan fingerprint density at radius 2 is 1.94 bits per heavy atom. The fraction of sp³-hybridized carbons (Fsp3) is 0.222. The van der Waals surface area contributed by atoms with Crippen LogP contribution >= 0.6 is 39.3 Å². The van der Waals surface area contributed by atoms with Crippen LogP contribution in [0.1, 0.15) is 41.3 Å². The van der Waals surface area contributed by atoms with Crippen molar-refractivity contribution in [3.8, 4) is 11.4 Å². The Kier molecular flexibility index (Phi) is 7.19. The molecule has 3 aromatic carbocycles. The molecule has 0 aliphatic heterocycles. The third kappa shape index (κ3) is 4.86. The van der Waals surface area contributed by atoms with Crippen molar-refractivity contribution in [2.45, 2.75) is 36.1 Å². The lowest BCUT2D eigenvalue weighted by molar-refractivity contribution is 0.414. The van der Waals surface area contributed by atoms with Gasteiger partial charge in [0.1, 0.15) is 17.4 Å². The van der Waals surface area contributed by atoms with Gasteiger partial charge in [-0.15, -0.1) is 0 Å². The summed E-state index contributed by atoms with van der Waals surface area (Å²) in [5.41, 5.74) is 4.58. The first-order valence-electron chi connectivity index (χ1n) is 11.2. The van der Waals surface area contributed by atoms with Crippen LogP contribution in [-0.4, -0.2) is 16.7 Å². The molecule has 180 valence electrons. The highest BCUT2D eigenvalue weighted by molar-refractivity contribution is 9.10. The number of rotatable bonds is 6. The molecule has 8 heteroatoms. The molecule has 1 unspecified atom stereocenters. The number of methoxy groups -OCH3 is 1. The topological polar surface area (TPSA) is 27.1 Å². The van der Waals surface area contributed by atoms with E-state index in [1.54, 1.807) is 25.3 Å². The van der Waals surface area contributed by atoms with Gasteiger partial charge in [0.25, 0.3) is 0 Å². The van der Waals surface area contributed by atoms with Gasteiger partial charge in [0, 0.05) is 27.4 Å². The highest BCUT2D eigenvalue weighted by atomic mass is 79.9. The maximum absolute atomic E-state index is 14.5. The van der Waals surface area contributed by atoms with Crippen LogP contribution in [-0.2, 0) is 12.2 Å². The van der Waals surface area contributed by atoms with Crippen molar-refractivity contribution >= 4 is 39.3 Å². The molecule has 0 saturated carbocycles. The van der Waals surface area contributed by atoms with E-state index >= 15 is 0 Å². The summed E-state index contributed by atoms with van der Waals surface area (Å²) in [7, 11) is 1.61. The van der Waals surface area contributed by atoms with E-state index in [1.807, 2.05) is 24.3 Å². The van der Waals surface area contributed by atoms with Crippen molar-refractivity contribution in [3.63, 3.8) is 0 Å². The van der Waals surface area contributed by atoms with Crippen LogP contribution in [0.15, 0.2) is 70.3 Å². The van der Waals surface area contributed by atoms with E-state index < -0.39 is 0 Å². The number of ether oxygens (including phenoxy) is 1. The third-order valence-electron chi connectivity index (χ3n) is 6.26. The minimum atomic E-state index is -0.300. The molecule has 1 heterocycles. The van der Waals surface area contributed by atoms with Crippen molar-refractivity contribution in [3.05, 3.63) is 104 Å². The van der Waals surface area contributed by atoms with Crippen molar-refractivity contribution < 1.29 is 13.5 Å². The number of nitrogens with zero attached hydrogens (tertiary/aromatic N) is 2. The summed E-state index contributed by atoms with van der Waals surface area (Å²) in [6.07, 6.45) is 2.78. The van der Waals surface area contributed by atoms with E-state index in [4.69, 9.17) is 21.3 Å². The summed E-state index contributed by atoms with van der Waals surface area (Å²) in [5, 5.41) is 1.32. The lowest BCUT2D eigenvalue weighted by Crippen LogP contribution is -2.15. The van der Waals surface area contributed by atoms with Gasteiger partial charge in [0.2, 0.25) is 0 Å². The van der Waals surface area contributed by atoms with Crippen LogP contribution in [0.25, 0.3) is 5.69 Å². The molecule has 0 N–H and O–H groups in total. The minimum Gasteiger partial charge on any atom is -0.495 e. The standard InChI is InChI=1S/C27H22BrClF2N2OS/c1-34-25-14-16(8-13-22(25)29)19-4-2-7-24-26(19)33(18-11-9-17(30)10-12-18)27(32-24)35-15-20-21(28)5-3-6-23(20)31/h3,5-6,8-14,19H,2,4,7,15H2,1H3. The maximum atomic E-state index is 14.5. The number of halogens is 4. The largest absolute Gasteiger partial charge is 0.495 e. The van der Waals surface area contributed by atoms with Crippen LogP contribution in [0, 0.1) is 11.6 Å². The first-order chi connectivity index (χ1) is 17.0. The number of thioether (sulfide) groups is 1. The molecule has 0 spiro atoms. The smallest absolute Gasteiger partial charge is 0.173 e. The Hall–Kier alpha value is -2.35. The van der Waals surface area contributed by atoms with Gasteiger partial charge in [-0.2, -0.15) is 0 Å². The predicted molar refractivity (Wildman–Crippen MR) is 140 cm³/mol. The SMILES string of the molecule is COc1cc(C2CCCc3nc(SCc4c(F)cccc4Br)n(-c4ccc(F)cc4)c32)ccc1Cl. The summed E-state index contributed by atoms with van der Waals surface area (Å²) >= 11 is 11.2. The van der Waals surface area contributed by atoms with E-state index in [0.29, 0.717) is 22.1 Å². The average Bonchev–Trinajstić information content (AvgIpc) is 3.23. The summed E-state index contributed by atoms with van der Waals surface area (Å²) in [4.78, 5) is 5.00. The zero-order chi connectivity index (χ0) is 24.5. The first kappa shape index (κ1) is 24.3. The molecule has 4 aromatic rings. The van der Waals surface area contributed by atoms with E-state index in [9.17, 15) is 8.78 Å². The summed E-state index contributed by atoms with van der Waals surface area (Å²) in [6.45, 7) is 0. The molecule has 1 aliphatic carbocycles. The Labute approximate surface area is 220 Å². The lowest BCUT2D eigenvalue weighted by Gasteiger charge is -2.26. The van der Waals surface area contributed by atoms with Crippen LogP contribution in [0.3, 0.4) is 0 Å². The first-order valence-corrected chi connectivity index (χ1v) is 13.4. The molecule has 1 aliphatic rings. The Bertz CT molecular complexity index is 1360. The van der Waals surface area contributed by atoms with Gasteiger partial charge in [-0.05, 0) is 73.4 Å². The second kappa shape index (κ2) is 10.3. The van der Waals surface area contributed by atoms with Crippen LogP contribution in [0.4, 0.5) is 8.78 Å². The molecule has 0 amide bonds. The van der Waals surface area contributed by atoms with E-state index in [0.717, 1.165) is 51.5 Å². The van der Waals surface area contributed by atoms with E-state index in [-0.39, 0.29) is 17.6 Å². The van der Waals surface area contributed by atoms with Crippen molar-refractivity contribution in [2.75, 3.05) is 7.11 Å². The van der Waals surface area contributed by atoms with Crippen molar-refractivity contribution in [1.29, 1.82) is 0 Å². The van der Waals surface area contributed by atoms with Gasteiger partial charge in [-0.1, -0.05) is 51.4 Å². The maximum Gasteiger partial charge on any atom is 0.173 e. The highest BCUT2D eigenvalue weighted by Gasteiger charge is 2.30. The van der Waals surface area contributed by atoms with Gasteiger partial charge in [0.15, 0.2) is 5.16 Å². The fourth-order valence-electron chi connectivity index (χ4n) is 4.57. The molecule has 0 saturated heterocycles. The molecule has 1 aromatic heterocycles. The molecule has 5 rings (SSSR count). The normalized spacial score (nSPS) is 15.2. The van der Waals surface area contributed by atoms with E-state index in [2.05, 4.69) is 20.5 Å². The van der Waals surface area contributed by atoms with Gasteiger partial charge < -0.3 is 4.74 Å². The predicted octanol–water partition coefficient (Wildman–Crippen LogP) is 8.34. The fourth-order valence-corrected chi connectivity index (χ4v) is 6.50. The Morgan fingerprint density at radius 1 is 1.14 bits per heavy atom. The lowest BCUT2D eigenvalue weighted by atomic mass is 9.84. The van der Waals surface area contributed by atoms with Crippen molar-refractivity contribution in [2.24, 2.45) is 0 Å². The molecule has 3 nitrogen and oxygen atoms in total. The Balaban J connectivity index is 1.62. The molecule has 0 fully saturated rings. The average molecular weight is 576 g/mol. The number of aryl methyl sites for hydroxylation is 1. The zero-order valence-electron chi connectivity index (χ0n) is 18.9. The number of benzene rings is 3. The van der Waals surface area contributed by atoms with Crippen molar-refractivity contribution in [1.82, 2.24) is 9.55 Å². The summed E-state index contributed by atoms with van der Waals surface area (Å²) < 4.78 is 36.6. The zero-order valence-corrected chi connectivity index (χ0v) is 22.1. The van der Waals surface area contributed by atoms with Gasteiger partial charge in [0.05, 0.1) is 23.5 Å². The Morgan fingerprint density at radius 3 is 2.69 bits per heavy atom. The second-order valence-corrected chi connectivity index (χ2v) is 10.6. The van der Waals surface area contributed by atoms with Gasteiger partial charge >= 0.3 is 0 Å². The number of hydrogen-bond acceptors (Lipinski definition) is 3. The number of imidazole rings is 1. The third-order valence-corrected chi connectivity index (χ3v) is 8.28. The van der Waals surface area contributed by atoms with Gasteiger partial charge in [-0.3, -0.25) is 4.57 Å². The quantitative estimate of drug-likeness (QED) is 0.216. The molecule has 35 heavy (non-hydrogen) atoms. The highest BCUT2D eigenvalue weighted by Crippen LogP contribution is 2.43. The number of hydrogen-bond donors (Lipinski definition) is 0. The molecular formula is C27H22BrClF2N2OS. The number of fused-ring (bicyclic) bond motifs is 1.